The van der Waals surface area contributed by atoms with Crippen molar-refractivity contribution in [3.05, 3.63) is 41.4 Å². The van der Waals surface area contributed by atoms with Gasteiger partial charge in [-0.15, -0.1) is 0 Å². The van der Waals surface area contributed by atoms with Gasteiger partial charge in [-0.25, -0.2) is 9.59 Å². The molecule has 84 valence electrons. The maximum Gasteiger partial charge on any atom is 0.336 e. The van der Waals surface area contributed by atoms with Gasteiger partial charge < -0.3 is 14.6 Å². The molecule has 0 amide bonds. The van der Waals surface area contributed by atoms with Crippen molar-refractivity contribution in [3.63, 3.8) is 0 Å². The van der Waals surface area contributed by atoms with Crippen LogP contribution in [0.25, 0.3) is 6.08 Å². The summed E-state index contributed by atoms with van der Waals surface area (Å²) in [5.74, 6) is -2.04. The van der Waals surface area contributed by atoms with Gasteiger partial charge in [0, 0.05) is 6.08 Å². The maximum atomic E-state index is 10.9. The van der Waals surface area contributed by atoms with Crippen LogP contribution in [0.15, 0.2) is 40.0 Å². The summed E-state index contributed by atoms with van der Waals surface area (Å²) in [5.41, 5.74) is 0.0359. The van der Waals surface area contributed by atoms with Crippen molar-refractivity contribution in [2.45, 2.75) is 6.92 Å². The summed E-state index contributed by atoms with van der Waals surface area (Å²) >= 11 is 0. The van der Waals surface area contributed by atoms with Gasteiger partial charge in [0.05, 0.1) is 11.8 Å². The Labute approximate surface area is 91.3 Å². The highest BCUT2D eigenvalue weighted by atomic mass is 16.4. The Kier molecular flexibility index (Phi) is 3.66. The lowest BCUT2D eigenvalue weighted by atomic mass is 10.1. The van der Waals surface area contributed by atoms with E-state index in [0.717, 1.165) is 6.08 Å². The quantitative estimate of drug-likeness (QED) is 0.598. The highest BCUT2D eigenvalue weighted by molar-refractivity contribution is 5.98. The largest absolute Gasteiger partial charge is 0.478 e. The predicted molar refractivity (Wildman–Crippen MR) is 55.7 cm³/mol. The van der Waals surface area contributed by atoms with Crippen LogP contribution in [-0.4, -0.2) is 22.2 Å². The molecule has 0 fully saturated rings. The second-order valence-corrected chi connectivity index (χ2v) is 3.04. The first-order chi connectivity index (χ1) is 7.50. The molecule has 0 spiro atoms. The molecular weight excluding hydrogens is 212 g/mol. The summed E-state index contributed by atoms with van der Waals surface area (Å²) in [6, 6.07) is 3.19. The number of carbonyl (C=O) groups is 2. The van der Waals surface area contributed by atoms with Crippen LogP contribution in [0.3, 0.4) is 0 Å². The molecule has 0 bridgehead atoms. The number of carboxylic acids is 2. The zero-order valence-electron chi connectivity index (χ0n) is 8.51. The van der Waals surface area contributed by atoms with Gasteiger partial charge in [0.15, 0.2) is 0 Å². The molecule has 1 heterocycles. The molecule has 1 rings (SSSR count). The van der Waals surface area contributed by atoms with Gasteiger partial charge in [-0.05, 0) is 30.7 Å². The third kappa shape index (κ3) is 3.13. The van der Waals surface area contributed by atoms with E-state index in [1.807, 2.05) is 0 Å². The lowest BCUT2D eigenvalue weighted by Crippen LogP contribution is -2.03. The average Bonchev–Trinajstić information content (AvgIpc) is 2.64. The Hall–Kier alpha value is -2.30. The number of hydrogen-bond donors (Lipinski definition) is 2. The first-order valence-electron chi connectivity index (χ1n) is 4.41. The van der Waals surface area contributed by atoms with Crippen molar-refractivity contribution < 1.29 is 24.2 Å². The van der Waals surface area contributed by atoms with Crippen LogP contribution in [-0.2, 0) is 9.59 Å². The molecule has 5 heteroatoms. The Morgan fingerprint density at radius 1 is 1.38 bits per heavy atom. The standard InChI is InChI=1S/C11H10O5/c1-7(5-10(12)13)9(11(14)15)6-8-3-2-4-16-8/h2-6H,1H3,(H,12,13)(H,14,15)/b7-5-,9-6-. The van der Waals surface area contributed by atoms with E-state index in [9.17, 15) is 9.59 Å². The molecule has 0 atom stereocenters. The normalized spacial score (nSPS) is 12.6. The molecule has 0 saturated carbocycles. The number of carboxylic acid groups (broad SMARTS) is 2. The highest BCUT2D eigenvalue weighted by Gasteiger charge is 2.11. The smallest absolute Gasteiger partial charge is 0.336 e. The van der Waals surface area contributed by atoms with Crippen molar-refractivity contribution in [1.29, 1.82) is 0 Å². The van der Waals surface area contributed by atoms with E-state index in [1.165, 1.54) is 19.3 Å². The molecule has 0 aromatic carbocycles. The fourth-order valence-corrected chi connectivity index (χ4v) is 1.12. The minimum atomic E-state index is -1.20. The van der Waals surface area contributed by atoms with E-state index in [2.05, 4.69) is 0 Å². The Bertz CT molecular complexity index is 451. The van der Waals surface area contributed by atoms with E-state index in [-0.39, 0.29) is 11.1 Å². The second-order valence-electron chi connectivity index (χ2n) is 3.04. The molecular formula is C11H10O5. The van der Waals surface area contributed by atoms with Crippen LogP contribution in [0.1, 0.15) is 12.7 Å². The van der Waals surface area contributed by atoms with Crippen LogP contribution in [0.2, 0.25) is 0 Å². The monoisotopic (exact) mass is 222 g/mol. The minimum Gasteiger partial charge on any atom is -0.478 e. The van der Waals surface area contributed by atoms with Crippen LogP contribution >= 0.6 is 0 Å². The molecule has 5 nitrogen and oxygen atoms in total. The van der Waals surface area contributed by atoms with E-state index < -0.39 is 11.9 Å². The Morgan fingerprint density at radius 3 is 2.50 bits per heavy atom. The zero-order valence-corrected chi connectivity index (χ0v) is 8.51. The fourth-order valence-electron chi connectivity index (χ4n) is 1.12. The van der Waals surface area contributed by atoms with Crippen LogP contribution in [0.5, 0.6) is 0 Å². The van der Waals surface area contributed by atoms with E-state index in [0.29, 0.717) is 5.76 Å². The minimum absolute atomic E-state index is 0.114. The molecule has 16 heavy (non-hydrogen) atoms. The Balaban J connectivity index is 3.10. The van der Waals surface area contributed by atoms with Crippen LogP contribution in [0, 0.1) is 0 Å². The van der Waals surface area contributed by atoms with E-state index in [1.54, 1.807) is 12.1 Å². The second kappa shape index (κ2) is 4.97. The highest BCUT2D eigenvalue weighted by Crippen LogP contribution is 2.15. The molecule has 0 unspecified atom stereocenters. The molecule has 1 aromatic rings. The zero-order chi connectivity index (χ0) is 12.1. The number of furan rings is 1. The topological polar surface area (TPSA) is 87.7 Å². The van der Waals surface area contributed by atoms with Crippen molar-refractivity contribution >= 4 is 18.0 Å². The van der Waals surface area contributed by atoms with Crippen LogP contribution in [0.4, 0.5) is 0 Å². The molecule has 1 aromatic heterocycles. The molecule has 0 aliphatic rings. The average molecular weight is 222 g/mol. The van der Waals surface area contributed by atoms with Crippen molar-refractivity contribution in [2.75, 3.05) is 0 Å². The van der Waals surface area contributed by atoms with Gasteiger partial charge in [0.25, 0.3) is 0 Å². The molecule has 2 N–H and O–H groups in total. The SMILES string of the molecule is CC(=C/C(=O)O)/C(=C/c1ccco1)C(=O)O. The molecule has 0 aliphatic heterocycles. The molecule has 0 radical (unpaired) electrons. The third-order valence-electron chi connectivity index (χ3n) is 1.83. The van der Waals surface area contributed by atoms with Gasteiger partial charge >= 0.3 is 11.9 Å². The van der Waals surface area contributed by atoms with Gasteiger partial charge in [-0.2, -0.15) is 0 Å². The van der Waals surface area contributed by atoms with Crippen molar-refractivity contribution in [1.82, 2.24) is 0 Å². The van der Waals surface area contributed by atoms with Gasteiger partial charge in [0.2, 0.25) is 0 Å². The summed E-state index contributed by atoms with van der Waals surface area (Å²) in [6.45, 7) is 1.41. The fraction of sp³-hybridized carbons (Fsp3) is 0.0909. The summed E-state index contributed by atoms with van der Waals surface area (Å²) in [4.78, 5) is 21.3. The summed E-state index contributed by atoms with van der Waals surface area (Å²) in [5, 5.41) is 17.4. The molecule has 0 aliphatic carbocycles. The summed E-state index contributed by atoms with van der Waals surface area (Å²) in [7, 11) is 0. The first kappa shape index (κ1) is 11.8. The maximum absolute atomic E-state index is 10.9. The Morgan fingerprint density at radius 2 is 2.06 bits per heavy atom. The van der Waals surface area contributed by atoms with E-state index >= 15 is 0 Å². The number of rotatable bonds is 4. The summed E-state index contributed by atoms with van der Waals surface area (Å²) in [6.07, 6.45) is 3.52. The predicted octanol–water partition coefficient (Wildman–Crippen LogP) is 1.78. The molecule has 0 saturated heterocycles. The first-order valence-corrected chi connectivity index (χ1v) is 4.41. The number of aliphatic carboxylic acids is 2. The van der Waals surface area contributed by atoms with Crippen molar-refractivity contribution in [3.8, 4) is 0 Å². The summed E-state index contributed by atoms with van der Waals surface area (Å²) < 4.78 is 4.95. The number of hydrogen-bond acceptors (Lipinski definition) is 3. The lowest BCUT2D eigenvalue weighted by Gasteiger charge is -2.00. The van der Waals surface area contributed by atoms with Gasteiger partial charge in [-0.1, -0.05) is 0 Å². The van der Waals surface area contributed by atoms with Gasteiger partial charge in [-0.3, -0.25) is 0 Å². The van der Waals surface area contributed by atoms with Gasteiger partial charge in [0.1, 0.15) is 5.76 Å². The van der Waals surface area contributed by atoms with Crippen molar-refractivity contribution in [2.24, 2.45) is 0 Å². The van der Waals surface area contributed by atoms with E-state index in [4.69, 9.17) is 14.6 Å². The third-order valence-corrected chi connectivity index (χ3v) is 1.83. The lowest BCUT2D eigenvalue weighted by molar-refractivity contribution is -0.132. The van der Waals surface area contributed by atoms with Crippen LogP contribution < -0.4 is 0 Å².